The fourth-order valence-electron chi connectivity index (χ4n) is 4.74. The zero-order valence-corrected chi connectivity index (χ0v) is 28.1. The molecule has 0 amide bonds. The van der Waals surface area contributed by atoms with Gasteiger partial charge in [0.25, 0.3) is 0 Å². The Morgan fingerprint density at radius 1 is 0.750 bits per heavy atom. The van der Waals surface area contributed by atoms with E-state index in [9.17, 15) is 14.5 Å². The number of unbranched alkanes of at least 4 members (excludes halogenated alkanes) is 11. The summed E-state index contributed by atoms with van der Waals surface area (Å²) in [6.07, 6.45) is 19.3. The number of carboxylic acids is 1. The van der Waals surface area contributed by atoms with Gasteiger partial charge < -0.3 is 18.9 Å². The van der Waals surface area contributed by atoms with Gasteiger partial charge in [0.15, 0.2) is 0 Å². The number of fused-ring (bicyclic) bond motifs is 2. The number of benzene rings is 2. The van der Waals surface area contributed by atoms with Gasteiger partial charge >= 0.3 is 37.2 Å². The number of hydrogen-bond acceptors (Lipinski definition) is 5. The fourth-order valence-corrected chi connectivity index (χ4v) is 6.91. The number of carboxylic acid groups (broad SMARTS) is 1. The molecule has 1 aliphatic rings. The van der Waals surface area contributed by atoms with Crippen molar-refractivity contribution in [2.24, 2.45) is 0 Å². The average Bonchev–Trinajstić information content (AvgIpc) is 2.88. The van der Waals surface area contributed by atoms with E-state index in [1.165, 1.54) is 12.8 Å². The van der Waals surface area contributed by atoms with Crippen LogP contribution in [0.5, 0.6) is 11.5 Å². The third-order valence-corrected chi connectivity index (χ3v) is 9.16. The Kier molecular flexibility index (Phi) is 17.0. The second-order valence-electron chi connectivity index (χ2n) is 10.3. The Hall–Kier alpha value is -0.940. The Labute approximate surface area is 271 Å². The maximum Gasteiger partial charge on any atom is 1.00 e. The molecule has 3 rings (SSSR count). The monoisotopic (exact) mass is 616 g/mol. The molecule has 0 aliphatic carbocycles. The zero-order valence-electron chi connectivity index (χ0n) is 23.7. The molecular weight excluding hydrogens is 577 g/mol. The van der Waals surface area contributed by atoms with Crippen molar-refractivity contribution in [1.82, 2.24) is 0 Å². The molecule has 9 heteroatoms. The third-order valence-electron chi connectivity index (χ3n) is 6.87. The van der Waals surface area contributed by atoms with E-state index in [2.05, 4.69) is 12.2 Å². The largest absolute Gasteiger partial charge is 1.00 e. The quantitative estimate of drug-likeness (QED) is 0.0899. The Morgan fingerprint density at radius 2 is 1.20 bits per heavy atom. The predicted octanol–water partition coefficient (Wildman–Crippen LogP) is 6.32. The Morgan fingerprint density at radius 3 is 1.70 bits per heavy atom. The van der Waals surface area contributed by atoms with Crippen molar-refractivity contribution in [2.45, 2.75) is 96.3 Å². The average molecular weight is 618 g/mol. The molecule has 1 aliphatic heterocycles. The van der Waals surface area contributed by atoms with Crippen molar-refractivity contribution >= 4 is 36.8 Å². The van der Waals surface area contributed by atoms with Crippen LogP contribution >= 0.6 is 30.8 Å². The van der Waals surface area contributed by atoms with Crippen LogP contribution in [-0.2, 0) is 15.8 Å². The van der Waals surface area contributed by atoms with Gasteiger partial charge in [-0.1, -0.05) is 80.3 Å². The van der Waals surface area contributed by atoms with Crippen molar-refractivity contribution in [3.8, 4) is 11.5 Å². The first-order valence-electron chi connectivity index (χ1n) is 14.2. The van der Waals surface area contributed by atoms with Crippen LogP contribution < -0.4 is 43.7 Å². The van der Waals surface area contributed by atoms with Gasteiger partial charge in [-0.3, -0.25) is 0 Å². The topological polar surface area (TPSA) is 75.7 Å². The molecule has 0 unspecified atom stereocenters. The fraction of sp³-hybridized carbons (Fsp3) is 0.516. The molecule has 0 atom stereocenters. The summed E-state index contributed by atoms with van der Waals surface area (Å²) in [6.45, 7) is 0. The summed E-state index contributed by atoms with van der Waals surface area (Å²) in [6, 6.07) is 10.7. The minimum Gasteiger partial charge on any atom is -0.550 e. The molecule has 0 N–H and O–H groups in total. The smallest absolute Gasteiger partial charge is 0.550 e. The summed E-state index contributed by atoms with van der Waals surface area (Å²) >= 11 is 12.4. The zero-order chi connectivity index (χ0) is 27.9. The van der Waals surface area contributed by atoms with Crippen molar-refractivity contribution in [3.05, 3.63) is 69.7 Å². The number of halogens is 2. The van der Waals surface area contributed by atoms with E-state index in [1.807, 2.05) is 12.1 Å². The summed E-state index contributed by atoms with van der Waals surface area (Å²) in [5.74, 6) is 0.157. The van der Waals surface area contributed by atoms with Crippen LogP contribution in [0.4, 0.5) is 0 Å². The minimum atomic E-state index is -3.39. The van der Waals surface area contributed by atoms with E-state index in [-0.39, 0.29) is 36.0 Å². The number of aliphatic carboxylic acids is 1. The first-order valence-corrected chi connectivity index (χ1v) is 16.7. The van der Waals surface area contributed by atoms with Crippen molar-refractivity contribution < 1.29 is 53.1 Å². The molecule has 0 saturated carbocycles. The van der Waals surface area contributed by atoms with Crippen LogP contribution in [0, 0.1) is 0 Å². The van der Waals surface area contributed by atoms with Gasteiger partial charge in [0, 0.05) is 33.6 Å². The molecule has 2 aromatic carbocycles. The number of rotatable bonds is 17. The first-order chi connectivity index (χ1) is 18.8. The molecule has 214 valence electrons. The van der Waals surface area contributed by atoms with Gasteiger partial charge in [0.2, 0.25) is 0 Å². The molecule has 0 radical (unpaired) electrons. The number of carbonyl (C=O) groups excluding carboxylic acids is 1. The van der Waals surface area contributed by atoms with Gasteiger partial charge in [-0.2, -0.15) is 0 Å². The Bertz CT molecular complexity index is 1080. The van der Waals surface area contributed by atoms with Crippen LogP contribution in [0.2, 0.25) is 10.0 Å². The summed E-state index contributed by atoms with van der Waals surface area (Å²) < 4.78 is 25.8. The molecular formula is C31H40Cl2NaO5P. The number of hydrogen-bond donors (Lipinski definition) is 0. The normalized spacial score (nSPS) is 13.8. The van der Waals surface area contributed by atoms with Crippen LogP contribution in [0.3, 0.4) is 0 Å². The standard InChI is InChI=1S/C31H41Cl2O5P.Na/c32-27-17-19-29-25(23-27)22-26-24-28(33)18-20-30(26)38-39(36,37-29)21-15-13-11-9-7-5-3-1-2-4-6-8-10-12-14-16-31(34)35;/h1-2,17-20,23-24H,3-16,21-22H2,(H,34,35);/q;+1/p-1/b2-1-;. The summed E-state index contributed by atoms with van der Waals surface area (Å²) in [5, 5.41) is 11.6. The van der Waals surface area contributed by atoms with E-state index in [0.29, 0.717) is 34.1 Å². The van der Waals surface area contributed by atoms with Crippen LogP contribution in [-0.4, -0.2) is 12.1 Å². The molecule has 0 bridgehead atoms. The third kappa shape index (κ3) is 13.4. The van der Waals surface area contributed by atoms with E-state index >= 15 is 0 Å². The van der Waals surface area contributed by atoms with E-state index in [0.717, 1.165) is 81.8 Å². The van der Waals surface area contributed by atoms with Gasteiger partial charge in [-0.15, -0.1) is 0 Å². The Balaban J connectivity index is 0.00000560. The summed E-state index contributed by atoms with van der Waals surface area (Å²) in [7, 11) is -3.39. The molecule has 0 spiro atoms. The molecule has 40 heavy (non-hydrogen) atoms. The molecule has 2 aromatic rings. The molecule has 0 fully saturated rings. The molecule has 5 nitrogen and oxygen atoms in total. The molecule has 0 aromatic heterocycles. The minimum absolute atomic E-state index is 0. The second-order valence-corrected chi connectivity index (χ2v) is 13.2. The SMILES string of the molecule is O=C([O-])CCCCCCC/C=C\CCCCCCCCP1(=O)Oc2ccc(Cl)cc2Cc2cc(Cl)ccc2O1.[Na+]. The maximum atomic E-state index is 13.7. The number of allylic oxidation sites excluding steroid dienone is 2. The van der Waals surface area contributed by atoms with Gasteiger partial charge in [0.1, 0.15) is 11.5 Å². The van der Waals surface area contributed by atoms with E-state index in [4.69, 9.17) is 32.2 Å². The van der Waals surface area contributed by atoms with E-state index in [1.54, 1.807) is 24.3 Å². The first kappa shape index (κ1) is 35.3. The van der Waals surface area contributed by atoms with Gasteiger partial charge in [0.05, 0.1) is 6.16 Å². The van der Waals surface area contributed by atoms with Crippen molar-refractivity contribution in [3.63, 3.8) is 0 Å². The predicted molar refractivity (Wildman–Crippen MR) is 158 cm³/mol. The van der Waals surface area contributed by atoms with Crippen molar-refractivity contribution in [1.29, 1.82) is 0 Å². The molecule has 1 heterocycles. The summed E-state index contributed by atoms with van der Waals surface area (Å²) in [5.41, 5.74) is 1.74. The van der Waals surface area contributed by atoms with Crippen LogP contribution in [0.25, 0.3) is 0 Å². The van der Waals surface area contributed by atoms with Crippen LogP contribution in [0.15, 0.2) is 48.6 Å². The van der Waals surface area contributed by atoms with Gasteiger partial charge in [-0.05, 0) is 81.3 Å². The summed E-state index contributed by atoms with van der Waals surface area (Å²) in [4.78, 5) is 10.4. The van der Waals surface area contributed by atoms with E-state index < -0.39 is 13.6 Å². The van der Waals surface area contributed by atoms with Crippen LogP contribution in [0.1, 0.15) is 101 Å². The number of carbonyl (C=O) groups is 1. The van der Waals surface area contributed by atoms with Gasteiger partial charge in [-0.25, -0.2) is 4.57 Å². The molecule has 0 saturated heterocycles. The second kappa shape index (κ2) is 19.3. The maximum absolute atomic E-state index is 13.7. The van der Waals surface area contributed by atoms with Crippen molar-refractivity contribution in [2.75, 3.05) is 6.16 Å².